The van der Waals surface area contributed by atoms with Crippen molar-refractivity contribution >= 4 is 29.2 Å². The predicted molar refractivity (Wildman–Crippen MR) is 89.3 cm³/mol. The Hall–Kier alpha value is -1.62. The molecule has 1 heterocycles. The Balaban J connectivity index is 2.08. The van der Waals surface area contributed by atoms with E-state index in [1.807, 2.05) is 39.0 Å². The first kappa shape index (κ1) is 15.8. The number of benzene rings is 1. The number of carbonyl (C=O) groups excluding carboxylic acids is 1. The Labute approximate surface area is 130 Å². The van der Waals surface area contributed by atoms with Gasteiger partial charge in [0.05, 0.1) is 11.4 Å². The van der Waals surface area contributed by atoms with E-state index in [0.717, 1.165) is 0 Å². The summed E-state index contributed by atoms with van der Waals surface area (Å²) in [5, 5.41) is 5.20. The quantitative estimate of drug-likeness (QED) is 0.787. The number of anilines is 2. The van der Waals surface area contributed by atoms with E-state index in [2.05, 4.69) is 23.7 Å². The van der Waals surface area contributed by atoms with Gasteiger partial charge in [0.2, 0.25) is 0 Å². The van der Waals surface area contributed by atoms with Crippen LogP contribution in [0.15, 0.2) is 29.7 Å². The number of allylic oxidation sites excluding steroid dienone is 1. The van der Waals surface area contributed by atoms with Gasteiger partial charge in [0.25, 0.3) is 0 Å². The van der Waals surface area contributed by atoms with Gasteiger partial charge in [-0.3, -0.25) is 5.32 Å². The molecule has 0 spiro atoms. The van der Waals surface area contributed by atoms with Crippen LogP contribution < -0.4 is 11.1 Å². The molecule has 1 aliphatic rings. The van der Waals surface area contributed by atoms with Crippen LogP contribution in [0.5, 0.6) is 0 Å². The molecule has 21 heavy (non-hydrogen) atoms. The molecule has 0 radical (unpaired) electrons. The maximum absolute atomic E-state index is 11.8. The second-order valence-electron chi connectivity index (χ2n) is 6.22. The Morgan fingerprint density at radius 1 is 1.38 bits per heavy atom. The molecule has 0 saturated heterocycles. The molecule has 5 heteroatoms. The number of hydrogen-bond acceptors (Lipinski definition) is 4. The molecule has 1 aliphatic heterocycles. The molecule has 2 rings (SSSR count). The number of ether oxygens (including phenoxy) is 1. The largest absolute Gasteiger partial charge is 0.444 e. The zero-order chi connectivity index (χ0) is 15.6. The van der Waals surface area contributed by atoms with Crippen molar-refractivity contribution in [1.29, 1.82) is 0 Å². The van der Waals surface area contributed by atoms with Gasteiger partial charge in [0.1, 0.15) is 5.60 Å². The number of nitrogen functional groups attached to an aromatic ring is 1. The lowest BCUT2D eigenvalue weighted by atomic mass is 10.00. The molecule has 114 valence electrons. The highest BCUT2D eigenvalue weighted by molar-refractivity contribution is 8.02. The highest BCUT2D eigenvalue weighted by Gasteiger charge is 2.22. The molecule has 3 N–H and O–H groups in total. The van der Waals surface area contributed by atoms with Crippen molar-refractivity contribution in [2.75, 3.05) is 11.1 Å². The fourth-order valence-corrected chi connectivity index (χ4v) is 3.30. The SMILES string of the molecule is CC1C=CSC1c1ccc(NC(=O)OC(C)(C)C)c(N)c1. The third kappa shape index (κ3) is 4.17. The van der Waals surface area contributed by atoms with Crippen molar-refractivity contribution in [1.82, 2.24) is 0 Å². The van der Waals surface area contributed by atoms with Gasteiger partial charge in [-0.1, -0.05) is 19.1 Å². The van der Waals surface area contributed by atoms with Crippen molar-refractivity contribution in [3.8, 4) is 0 Å². The van der Waals surface area contributed by atoms with E-state index in [1.54, 1.807) is 11.8 Å². The minimum Gasteiger partial charge on any atom is -0.444 e. The topological polar surface area (TPSA) is 64.3 Å². The van der Waals surface area contributed by atoms with Crippen LogP contribution in [0.4, 0.5) is 16.2 Å². The normalized spacial score (nSPS) is 21.3. The van der Waals surface area contributed by atoms with Crippen molar-refractivity contribution in [3.63, 3.8) is 0 Å². The molecule has 2 unspecified atom stereocenters. The van der Waals surface area contributed by atoms with Gasteiger partial charge in [-0.15, -0.1) is 11.8 Å². The van der Waals surface area contributed by atoms with Gasteiger partial charge in [-0.25, -0.2) is 4.79 Å². The molecule has 0 saturated carbocycles. The summed E-state index contributed by atoms with van der Waals surface area (Å²) in [6.45, 7) is 7.66. The Morgan fingerprint density at radius 2 is 2.10 bits per heavy atom. The molecule has 0 fully saturated rings. The van der Waals surface area contributed by atoms with Gasteiger partial charge in [-0.2, -0.15) is 0 Å². The molecule has 2 atom stereocenters. The predicted octanol–water partition coefficient (Wildman–Crippen LogP) is 4.55. The third-order valence-electron chi connectivity index (χ3n) is 3.12. The van der Waals surface area contributed by atoms with E-state index >= 15 is 0 Å². The van der Waals surface area contributed by atoms with E-state index in [1.165, 1.54) is 5.56 Å². The third-order valence-corrected chi connectivity index (χ3v) is 4.43. The summed E-state index contributed by atoms with van der Waals surface area (Å²) < 4.78 is 5.22. The lowest BCUT2D eigenvalue weighted by Crippen LogP contribution is -2.27. The minimum absolute atomic E-state index is 0.392. The summed E-state index contributed by atoms with van der Waals surface area (Å²) in [7, 11) is 0. The molecule has 1 amide bonds. The van der Waals surface area contributed by atoms with Crippen molar-refractivity contribution in [3.05, 3.63) is 35.2 Å². The van der Waals surface area contributed by atoms with Crippen LogP contribution in [-0.4, -0.2) is 11.7 Å². The minimum atomic E-state index is -0.527. The van der Waals surface area contributed by atoms with Crippen LogP contribution in [0, 0.1) is 5.92 Å². The summed E-state index contributed by atoms with van der Waals surface area (Å²) >= 11 is 1.79. The fourth-order valence-electron chi connectivity index (χ4n) is 2.15. The van der Waals surface area contributed by atoms with Crippen LogP contribution in [0.1, 0.15) is 38.5 Å². The number of hydrogen-bond donors (Lipinski definition) is 2. The van der Waals surface area contributed by atoms with Crippen molar-refractivity contribution in [2.45, 2.75) is 38.5 Å². The smallest absolute Gasteiger partial charge is 0.412 e. The average molecular weight is 306 g/mol. The molecule has 1 aromatic rings. The molecular formula is C16H22N2O2S. The van der Waals surface area contributed by atoms with Crippen LogP contribution in [-0.2, 0) is 4.74 Å². The van der Waals surface area contributed by atoms with Crippen molar-refractivity contribution in [2.24, 2.45) is 5.92 Å². The number of thioether (sulfide) groups is 1. The zero-order valence-corrected chi connectivity index (χ0v) is 13.7. The average Bonchev–Trinajstić information content (AvgIpc) is 2.76. The Morgan fingerprint density at radius 3 is 2.62 bits per heavy atom. The number of rotatable bonds is 2. The van der Waals surface area contributed by atoms with Gasteiger partial charge in [0.15, 0.2) is 0 Å². The number of carbonyl (C=O) groups is 1. The maximum atomic E-state index is 11.8. The number of nitrogens with two attached hydrogens (primary N) is 1. The monoisotopic (exact) mass is 306 g/mol. The van der Waals surface area contributed by atoms with Crippen LogP contribution in [0.25, 0.3) is 0 Å². The van der Waals surface area contributed by atoms with Crippen molar-refractivity contribution < 1.29 is 9.53 Å². The fraction of sp³-hybridized carbons (Fsp3) is 0.438. The standard InChI is InChI=1S/C16H22N2O2S/c1-10-7-8-21-14(10)11-5-6-13(12(17)9-11)18-15(19)20-16(2,3)4/h5-10,14H,17H2,1-4H3,(H,18,19). The van der Waals surface area contributed by atoms with E-state index in [4.69, 9.17) is 10.5 Å². The van der Waals surface area contributed by atoms with Crippen LogP contribution in [0.3, 0.4) is 0 Å². The Kier molecular flexibility index (Phi) is 4.52. The second kappa shape index (κ2) is 6.02. The molecule has 4 nitrogen and oxygen atoms in total. The van der Waals surface area contributed by atoms with Crippen LogP contribution >= 0.6 is 11.8 Å². The number of amides is 1. The molecule has 0 aliphatic carbocycles. The van der Waals surface area contributed by atoms with Gasteiger partial charge in [-0.05, 0) is 49.8 Å². The first-order valence-electron chi connectivity index (χ1n) is 6.98. The first-order chi connectivity index (χ1) is 9.76. The summed E-state index contributed by atoms with van der Waals surface area (Å²) in [6, 6.07) is 5.76. The summed E-state index contributed by atoms with van der Waals surface area (Å²) in [6.07, 6.45) is 1.70. The molecule has 1 aromatic carbocycles. The Bertz CT molecular complexity index is 564. The summed E-state index contributed by atoms with van der Waals surface area (Å²) in [4.78, 5) is 11.8. The lowest BCUT2D eigenvalue weighted by Gasteiger charge is -2.21. The second-order valence-corrected chi connectivity index (χ2v) is 7.27. The molecule has 0 bridgehead atoms. The highest BCUT2D eigenvalue weighted by Crippen LogP contribution is 2.43. The van der Waals surface area contributed by atoms with E-state index in [9.17, 15) is 4.79 Å². The maximum Gasteiger partial charge on any atom is 0.412 e. The van der Waals surface area contributed by atoms with Crippen LogP contribution in [0.2, 0.25) is 0 Å². The summed E-state index contributed by atoms with van der Waals surface area (Å²) in [5.41, 5.74) is 7.82. The van der Waals surface area contributed by atoms with E-state index in [0.29, 0.717) is 22.5 Å². The first-order valence-corrected chi connectivity index (χ1v) is 7.92. The van der Waals surface area contributed by atoms with Gasteiger partial charge in [0, 0.05) is 5.25 Å². The molecular weight excluding hydrogens is 284 g/mol. The lowest BCUT2D eigenvalue weighted by molar-refractivity contribution is 0.0636. The van der Waals surface area contributed by atoms with E-state index in [-0.39, 0.29) is 0 Å². The van der Waals surface area contributed by atoms with Gasteiger partial charge >= 0.3 is 6.09 Å². The number of nitrogens with one attached hydrogen (secondary N) is 1. The highest BCUT2D eigenvalue weighted by atomic mass is 32.2. The van der Waals surface area contributed by atoms with E-state index < -0.39 is 11.7 Å². The molecule has 0 aromatic heterocycles. The van der Waals surface area contributed by atoms with Gasteiger partial charge < -0.3 is 10.5 Å². The summed E-state index contributed by atoms with van der Waals surface area (Å²) in [5.74, 6) is 0.485. The zero-order valence-electron chi connectivity index (χ0n) is 12.8.